The van der Waals surface area contributed by atoms with E-state index in [0.717, 1.165) is 24.2 Å². The van der Waals surface area contributed by atoms with E-state index >= 15 is 0 Å². The van der Waals surface area contributed by atoms with Crippen LogP contribution in [-0.4, -0.2) is 55.2 Å². The number of pyridine rings is 1. The Kier molecular flexibility index (Phi) is 5.91. The van der Waals surface area contributed by atoms with Crippen molar-refractivity contribution < 1.29 is 4.74 Å². The normalized spacial score (nSPS) is 22.8. The molecule has 2 heterocycles. The molecule has 2 fully saturated rings. The number of rotatable bonds is 5. The topological polar surface area (TPSA) is 61.8 Å². The largest absolute Gasteiger partial charge is 0.481 e. The molecule has 24 heavy (non-hydrogen) atoms. The lowest BCUT2D eigenvalue weighted by Crippen LogP contribution is -2.45. The summed E-state index contributed by atoms with van der Waals surface area (Å²) in [6.07, 6.45) is 6.74. The number of nitrogens with zero attached hydrogens (tertiary/aromatic N) is 3. The van der Waals surface area contributed by atoms with E-state index in [1.165, 1.54) is 38.6 Å². The van der Waals surface area contributed by atoms with Crippen LogP contribution in [0.4, 0.5) is 0 Å². The van der Waals surface area contributed by atoms with Gasteiger partial charge in [0.15, 0.2) is 5.96 Å². The monoisotopic (exact) mass is 331 g/mol. The molecule has 2 aliphatic rings. The number of likely N-dealkylation sites (tertiary alicyclic amines) is 1. The molecule has 1 unspecified atom stereocenters. The summed E-state index contributed by atoms with van der Waals surface area (Å²) >= 11 is 0. The second-order valence-electron chi connectivity index (χ2n) is 6.66. The van der Waals surface area contributed by atoms with Gasteiger partial charge in [0.1, 0.15) is 0 Å². The maximum absolute atomic E-state index is 5.17. The van der Waals surface area contributed by atoms with Gasteiger partial charge in [-0.1, -0.05) is 18.9 Å². The molecule has 1 saturated carbocycles. The van der Waals surface area contributed by atoms with E-state index in [9.17, 15) is 0 Å². The highest BCUT2D eigenvalue weighted by Crippen LogP contribution is 2.26. The van der Waals surface area contributed by atoms with E-state index in [2.05, 4.69) is 25.5 Å². The molecule has 132 valence electrons. The molecule has 6 nitrogen and oxygen atoms in total. The lowest BCUT2D eigenvalue weighted by Gasteiger charge is -2.24. The third kappa shape index (κ3) is 4.38. The first-order valence-electron chi connectivity index (χ1n) is 8.99. The highest BCUT2D eigenvalue weighted by Gasteiger charge is 2.30. The summed E-state index contributed by atoms with van der Waals surface area (Å²) < 4.78 is 5.17. The fourth-order valence-corrected chi connectivity index (χ4v) is 3.74. The zero-order valence-electron chi connectivity index (χ0n) is 14.8. The van der Waals surface area contributed by atoms with Crippen molar-refractivity contribution in [3.05, 3.63) is 23.9 Å². The minimum absolute atomic E-state index is 0.482. The molecule has 0 amide bonds. The fraction of sp³-hybridized carbons (Fsp3) is 0.667. The molecule has 1 atom stereocenters. The maximum Gasteiger partial charge on any atom is 0.213 e. The van der Waals surface area contributed by atoms with E-state index in [4.69, 9.17) is 4.74 Å². The van der Waals surface area contributed by atoms with Crippen molar-refractivity contribution in [3.63, 3.8) is 0 Å². The molecular formula is C18H29N5O. The molecule has 1 aromatic rings. The Morgan fingerprint density at radius 3 is 2.92 bits per heavy atom. The fourth-order valence-electron chi connectivity index (χ4n) is 3.74. The molecule has 0 spiro atoms. The number of hydrogen-bond donors (Lipinski definition) is 2. The lowest BCUT2D eigenvalue weighted by atomic mass is 10.2. The van der Waals surface area contributed by atoms with Crippen LogP contribution in [0.2, 0.25) is 0 Å². The van der Waals surface area contributed by atoms with Crippen LogP contribution in [-0.2, 0) is 6.54 Å². The Bertz CT molecular complexity index is 556. The van der Waals surface area contributed by atoms with Gasteiger partial charge in [0, 0.05) is 38.3 Å². The Balaban J connectivity index is 1.46. The Hall–Kier alpha value is -1.82. The van der Waals surface area contributed by atoms with Crippen molar-refractivity contribution in [2.45, 2.75) is 50.7 Å². The molecule has 1 aliphatic carbocycles. The zero-order valence-corrected chi connectivity index (χ0v) is 14.8. The van der Waals surface area contributed by atoms with Crippen molar-refractivity contribution in [2.24, 2.45) is 4.99 Å². The first kappa shape index (κ1) is 17.0. The third-order valence-corrected chi connectivity index (χ3v) is 5.05. The standard InChI is InChI=1S/C18H29N5O/c1-19-18(20-12-14-6-5-9-17(21-14)24-2)22-15-10-11-23(13-15)16-7-3-4-8-16/h5-6,9,15-16H,3-4,7-8,10-13H2,1-2H3,(H2,19,20,22). The van der Waals surface area contributed by atoms with Gasteiger partial charge in [-0.2, -0.15) is 0 Å². The van der Waals surface area contributed by atoms with Crippen molar-refractivity contribution in [3.8, 4) is 5.88 Å². The van der Waals surface area contributed by atoms with E-state index in [1.54, 1.807) is 7.11 Å². The van der Waals surface area contributed by atoms with E-state index in [1.807, 2.05) is 25.2 Å². The number of hydrogen-bond acceptors (Lipinski definition) is 4. The van der Waals surface area contributed by atoms with Crippen LogP contribution in [0, 0.1) is 0 Å². The Labute approximate surface area is 144 Å². The number of guanidine groups is 1. The second kappa shape index (κ2) is 8.33. The summed E-state index contributed by atoms with van der Waals surface area (Å²) in [5, 5.41) is 6.91. The zero-order chi connectivity index (χ0) is 16.8. The van der Waals surface area contributed by atoms with Gasteiger partial charge in [-0.3, -0.25) is 9.89 Å². The molecule has 3 rings (SSSR count). The van der Waals surface area contributed by atoms with Crippen LogP contribution in [0.3, 0.4) is 0 Å². The molecule has 0 bridgehead atoms. The van der Waals surface area contributed by atoms with Gasteiger partial charge in [0.05, 0.1) is 19.3 Å². The van der Waals surface area contributed by atoms with E-state index < -0.39 is 0 Å². The molecule has 0 aromatic carbocycles. The van der Waals surface area contributed by atoms with E-state index in [-0.39, 0.29) is 0 Å². The molecule has 1 aromatic heterocycles. The van der Waals surface area contributed by atoms with Crippen LogP contribution < -0.4 is 15.4 Å². The molecular weight excluding hydrogens is 302 g/mol. The number of aromatic nitrogens is 1. The van der Waals surface area contributed by atoms with Gasteiger partial charge in [-0.25, -0.2) is 4.98 Å². The van der Waals surface area contributed by atoms with Crippen LogP contribution in [0.5, 0.6) is 5.88 Å². The first-order chi connectivity index (χ1) is 11.8. The Morgan fingerprint density at radius 2 is 2.17 bits per heavy atom. The minimum Gasteiger partial charge on any atom is -0.481 e. The van der Waals surface area contributed by atoms with E-state index in [0.29, 0.717) is 18.5 Å². The predicted molar refractivity (Wildman–Crippen MR) is 96.4 cm³/mol. The van der Waals surface area contributed by atoms with Crippen molar-refractivity contribution >= 4 is 5.96 Å². The third-order valence-electron chi connectivity index (χ3n) is 5.05. The van der Waals surface area contributed by atoms with Gasteiger partial charge in [0.25, 0.3) is 0 Å². The smallest absolute Gasteiger partial charge is 0.213 e. The summed E-state index contributed by atoms with van der Waals surface area (Å²) in [5.41, 5.74) is 0.941. The first-order valence-corrected chi connectivity index (χ1v) is 8.99. The SMILES string of the molecule is CN=C(NCc1cccc(OC)n1)NC1CCN(C2CCCC2)C1. The van der Waals surface area contributed by atoms with Gasteiger partial charge < -0.3 is 15.4 Å². The minimum atomic E-state index is 0.482. The number of aliphatic imine (C=N–C) groups is 1. The van der Waals surface area contributed by atoms with Crippen molar-refractivity contribution in [1.82, 2.24) is 20.5 Å². The molecule has 1 aliphatic heterocycles. The number of nitrogens with one attached hydrogen (secondary N) is 2. The maximum atomic E-state index is 5.17. The average Bonchev–Trinajstić information content (AvgIpc) is 3.30. The van der Waals surface area contributed by atoms with Crippen LogP contribution in [0.25, 0.3) is 0 Å². The highest BCUT2D eigenvalue weighted by molar-refractivity contribution is 5.79. The van der Waals surface area contributed by atoms with Gasteiger partial charge >= 0.3 is 0 Å². The summed E-state index contributed by atoms with van der Waals surface area (Å²) in [6, 6.07) is 7.09. The summed E-state index contributed by atoms with van der Waals surface area (Å²) in [4.78, 5) is 11.4. The van der Waals surface area contributed by atoms with Crippen molar-refractivity contribution in [2.75, 3.05) is 27.2 Å². The quantitative estimate of drug-likeness (QED) is 0.636. The lowest BCUT2D eigenvalue weighted by molar-refractivity contribution is 0.242. The van der Waals surface area contributed by atoms with Crippen LogP contribution in [0.15, 0.2) is 23.2 Å². The van der Waals surface area contributed by atoms with Crippen LogP contribution >= 0.6 is 0 Å². The van der Waals surface area contributed by atoms with Gasteiger partial charge in [-0.05, 0) is 25.3 Å². The summed E-state index contributed by atoms with van der Waals surface area (Å²) in [6.45, 7) is 2.97. The number of methoxy groups -OCH3 is 1. The Morgan fingerprint density at radius 1 is 1.33 bits per heavy atom. The van der Waals surface area contributed by atoms with Gasteiger partial charge in [-0.15, -0.1) is 0 Å². The molecule has 2 N–H and O–H groups in total. The second-order valence-corrected chi connectivity index (χ2v) is 6.66. The predicted octanol–water partition coefficient (Wildman–Crippen LogP) is 1.77. The molecule has 6 heteroatoms. The van der Waals surface area contributed by atoms with Crippen molar-refractivity contribution in [1.29, 1.82) is 0 Å². The summed E-state index contributed by atoms with van der Waals surface area (Å²) in [7, 11) is 3.45. The highest BCUT2D eigenvalue weighted by atomic mass is 16.5. The average molecular weight is 331 g/mol. The number of ether oxygens (including phenoxy) is 1. The molecule has 1 saturated heterocycles. The summed E-state index contributed by atoms with van der Waals surface area (Å²) in [5.74, 6) is 1.48. The van der Waals surface area contributed by atoms with Gasteiger partial charge in [0.2, 0.25) is 5.88 Å². The van der Waals surface area contributed by atoms with Crippen LogP contribution in [0.1, 0.15) is 37.8 Å². The molecule has 0 radical (unpaired) electrons.